The molecule has 0 aromatic heterocycles. The van der Waals surface area contributed by atoms with E-state index in [0.29, 0.717) is 5.90 Å². The van der Waals surface area contributed by atoms with Crippen LogP contribution in [0.5, 0.6) is 0 Å². The second-order valence-corrected chi connectivity index (χ2v) is 4.92. The number of hydrogen-bond donors (Lipinski definition) is 0. The lowest BCUT2D eigenvalue weighted by molar-refractivity contribution is -0.132. The maximum absolute atomic E-state index is 10.9. The highest BCUT2D eigenvalue weighted by Crippen LogP contribution is 2.22. The van der Waals surface area contributed by atoms with Gasteiger partial charge in [-0.3, -0.25) is 0 Å². The minimum atomic E-state index is -0.283. The van der Waals surface area contributed by atoms with Gasteiger partial charge in [-0.2, -0.15) is 0 Å². The largest absolute Gasteiger partial charge is 0.406 e. The lowest BCUT2D eigenvalue weighted by Crippen LogP contribution is -2.11. The minimum absolute atomic E-state index is 0.132. The van der Waals surface area contributed by atoms with E-state index in [4.69, 9.17) is 4.74 Å². The van der Waals surface area contributed by atoms with Gasteiger partial charge in [0.15, 0.2) is 0 Å². The molecule has 3 heteroatoms. The van der Waals surface area contributed by atoms with Crippen molar-refractivity contribution >= 4 is 11.9 Å². The standard InChI is InChI=1S/C13H15NO2/c1-13(2,3)10-6-4-9(5-7-10)12-14-8-11(15)16-12/h4-7H,8H2,1-3H3. The molecule has 0 saturated carbocycles. The zero-order valence-electron chi connectivity index (χ0n) is 9.78. The normalized spacial score (nSPS) is 15.9. The van der Waals surface area contributed by atoms with E-state index in [0.717, 1.165) is 5.56 Å². The fourth-order valence-electron chi connectivity index (χ4n) is 1.57. The van der Waals surface area contributed by atoms with Crippen LogP contribution in [0, 0.1) is 0 Å². The molecular weight excluding hydrogens is 202 g/mol. The Kier molecular flexibility index (Phi) is 2.54. The van der Waals surface area contributed by atoms with Gasteiger partial charge in [-0.25, -0.2) is 9.79 Å². The van der Waals surface area contributed by atoms with Gasteiger partial charge in [0.2, 0.25) is 5.90 Å². The van der Waals surface area contributed by atoms with E-state index in [2.05, 4.69) is 25.8 Å². The van der Waals surface area contributed by atoms with Crippen LogP contribution in [-0.4, -0.2) is 18.4 Å². The summed E-state index contributed by atoms with van der Waals surface area (Å²) in [6, 6.07) is 7.98. The Balaban J connectivity index is 2.23. The maximum atomic E-state index is 10.9. The summed E-state index contributed by atoms with van der Waals surface area (Å²) in [6.45, 7) is 6.62. The number of hydrogen-bond acceptors (Lipinski definition) is 3. The molecule has 0 aliphatic carbocycles. The van der Waals surface area contributed by atoms with Crippen LogP contribution in [0.4, 0.5) is 0 Å². The second-order valence-electron chi connectivity index (χ2n) is 4.92. The number of rotatable bonds is 1. The zero-order valence-corrected chi connectivity index (χ0v) is 9.78. The van der Waals surface area contributed by atoms with E-state index in [1.54, 1.807) is 0 Å². The average molecular weight is 217 g/mol. The molecule has 1 aliphatic heterocycles. The number of esters is 1. The molecule has 0 bridgehead atoms. The first-order valence-electron chi connectivity index (χ1n) is 5.33. The van der Waals surface area contributed by atoms with Gasteiger partial charge in [0.25, 0.3) is 0 Å². The highest BCUT2D eigenvalue weighted by atomic mass is 16.6. The number of carbonyl (C=O) groups is 1. The van der Waals surface area contributed by atoms with Crippen LogP contribution in [0.15, 0.2) is 29.3 Å². The van der Waals surface area contributed by atoms with Gasteiger partial charge in [0.05, 0.1) is 0 Å². The van der Waals surface area contributed by atoms with Crippen molar-refractivity contribution in [3.05, 3.63) is 35.4 Å². The molecule has 0 saturated heterocycles. The van der Waals surface area contributed by atoms with Gasteiger partial charge >= 0.3 is 5.97 Å². The predicted molar refractivity (Wildman–Crippen MR) is 62.6 cm³/mol. The van der Waals surface area contributed by atoms with Crippen LogP contribution < -0.4 is 0 Å². The van der Waals surface area contributed by atoms with Gasteiger partial charge in [-0.15, -0.1) is 0 Å². The first kappa shape index (κ1) is 10.9. The molecule has 1 aromatic carbocycles. The van der Waals surface area contributed by atoms with E-state index in [-0.39, 0.29) is 17.9 Å². The quantitative estimate of drug-likeness (QED) is 0.677. The van der Waals surface area contributed by atoms with Gasteiger partial charge in [-0.05, 0) is 23.1 Å². The Morgan fingerprint density at radius 1 is 1.19 bits per heavy atom. The Morgan fingerprint density at radius 3 is 2.25 bits per heavy atom. The molecular formula is C13H15NO2. The molecule has 1 heterocycles. The topological polar surface area (TPSA) is 38.7 Å². The Morgan fingerprint density at radius 2 is 1.81 bits per heavy atom. The molecule has 0 amide bonds. The molecule has 0 atom stereocenters. The Hall–Kier alpha value is -1.64. The van der Waals surface area contributed by atoms with Crippen molar-refractivity contribution in [2.45, 2.75) is 26.2 Å². The third-order valence-electron chi connectivity index (χ3n) is 2.56. The van der Waals surface area contributed by atoms with Crippen molar-refractivity contribution < 1.29 is 9.53 Å². The van der Waals surface area contributed by atoms with E-state index in [1.807, 2.05) is 24.3 Å². The lowest BCUT2D eigenvalue weighted by atomic mass is 9.87. The van der Waals surface area contributed by atoms with Crippen LogP contribution in [-0.2, 0) is 14.9 Å². The molecule has 0 N–H and O–H groups in total. The first-order chi connectivity index (χ1) is 7.47. The molecule has 2 rings (SSSR count). The first-order valence-corrected chi connectivity index (χ1v) is 5.33. The molecule has 3 nitrogen and oxygen atoms in total. The molecule has 0 unspecified atom stereocenters. The van der Waals surface area contributed by atoms with Crippen LogP contribution >= 0.6 is 0 Å². The van der Waals surface area contributed by atoms with E-state index in [1.165, 1.54) is 5.56 Å². The van der Waals surface area contributed by atoms with Crippen LogP contribution in [0.25, 0.3) is 0 Å². The van der Waals surface area contributed by atoms with Crippen LogP contribution in [0.3, 0.4) is 0 Å². The van der Waals surface area contributed by atoms with Crippen molar-refractivity contribution in [1.82, 2.24) is 0 Å². The summed E-state index contributed by atoms with van der Waals surface area (Å²) in [5.41, 5.74) is 2.24. The molecule has 16 heavy (non-hydrogen) atoms. The summed E-state index contributed by atoms with van der Waals surface area (Å²) in [7, 11) is 0. The number of aliphatic imine (C=N–C) groups is 1. The number of cyclic esters (lactones) is 1. The van der Waals surface area contributed by atoms with Gasteiger partial charge in [-0.1, -0.05) is 32.9 Å². The van der Waals surface area contributed by atoms with Gasteiger partial charge in [0.1, 0.15) is 6.54 Å². The molecule has 0 fully saturated rings. The second kappa shape index (κ2) is 3.74. The monoisotopic (exact) mass is 217 g/mol. The van der Waals surface area contributed by atoms with Gasteiger partial charge in [0, 0.05) is 5.56 Å². The van der Waals surface area contributed by atoms with E-state index < -0.39 is 0 Å². The summed E-state index contributed by atoms with van der Waals surface area (Å²) < 4.78 is 4.98. The number of benzene rings is 1. The smallest absolute Gasteiger partial charge is 0.334 e. The Bertz CT molecular complexity index is 438. The Labute approximate surface area is 95.2 Å². The van der Waals surface area contributed by atoms with Crippen LogP contribution in [0.1, 0.15) is 31.9 Å². The molecule has 84 valence electrons. The highest BCUT2D eigenvalue weighted by Gasteiger charge is 2.19. The van der Waals surface area contributed by atoms with Crippen molar-refractivity contribution in [2.24, 2.45) is 4.99 Å². The van der Waals surface area contributed by atoms with E-state index >= 15 is 0 Å². The molecule has 1 aliphatic rings. The minimum Gasteiger partial charge on any atom is -0.406 e. The van der Waals surface area contributed by atoms with E-state index in [9.17, 15) is 4.79 Å². The third-order valence-corrected chi connectivity index (χ3v) is 2.56. The SMILES string of the molecule is CC(C)(C)c1ccc(C2=NCC(=O)O2)cc1. The predicted octanol–water partition coefficient (Wildman–Crippen LogP) is 2.29. The van der Waals surface area contributed by atoms with Crippen LogP contribution in [0.2, 0.25) is 0 Å². The molecule has 1 aromatic rings. The number of ether oxygens (including phenoxy) is 1. The fourth-order valence-corrected chi connectivity index (χ4v) is 1.57. The van der Waals surface area contributed by atoms with Crippen molar-refractivity contribution in [2.75, 3.05) is 6.54 Å². The van der Waals surface area contributed by atoms with Crippen molar-refractivity contribution in [3.63, 3.8) is 0 Å². The average Bonchev–Trinajstić information content (AvgIpc) is 2.64. The summed E-state index contributed by atoms with van der Waals surface area (Å²) >= 11 is 0. The maximum Gasteiger partial charge on any atom is 0.334 e. The zero-order chi connectivity index (χ0) is 11.8. The highest BCUT2D eigenvalue weighted by molar-refractivity contribution is 6.04. The van der Waals surface area contributed by atoms with Crippen molar-refractivity contribution in [1.29, 1.82) is 0 Å². The lowest BCUT2D eigenvalue weighted by Gasteiger charge is -2.18. The van der Waals surface area contributed by atoms with Gasteiger partial charge < -0.3 is 4.74 Å². The van der Waals surface area contributed by atoms with Crippen molar-refractivity contribution in [3.8, 4) is 0 Å². The number of nitrogens with zero attached hydrogens (tertiary/aromatic N) is 1. The number of carbonyl (C=O) groups excluding carboxylic acids is 1. The molecule has 0 spiro atoms. The summed E-state index contributed by atoms with van der Waals surface area (Å²) in [5.74, 6) is 0.153. The summed E-state index contributed by atoms with van der Waals surface area (Å²) in [5, 5.41) is 0. The summed E-state index contributed by atoms with van der Waals surface area (Å²) in [6.07, 6.45) is 0. The fraction of sp³-hybridized carbons (Fsp3) is 0.385. The molecule has 0 radical (unpaired) electrons. The third kappa shape index (κ3) is 2.13. The summed E-state index contributed by atoms with van der Waals surface area (Å²) in [4.78, 5) is 14.9.